The van der Waals surface area contributed by atoms with Crippen molar-refractivity contribution in [2.75, 3.05) is 33.0 Å². The first-order valence-corrected chi connectivity index (χ1v) is 8.23. The van der Waals surface area contributed by atoms with Crippen LogP contribution in [0, 0.1) is 0 Å². The highest BCUT2D eigenvalue weighted by molar-refractivity contribution is 4.47. The summed E-state index contributed by atoms with van der Waals surface area (Å²) in [5, 5.41) is 23.8. The minimum atomic E-state index is -0.125. The van der Waals surface area contributed by atoms with Gasteiger partial charge in [0.25, 0.3) is 0 Å². The van der Waals surface area contributed by atoms with E-state index in [1.807, 2.05) is 0 Å². The molecule has 0 aliphatic rings. The second-order valence-electron chi connectivity index (χ2n) is 4.97. The Morgan fingerprint density at radius 2 is 1.00 bits per heavy atom. The topological polar surface area (TPSA) is 69.9 Å². The molecule has 0 saturated carbocycles. The molecule has 0 heterocycles. The summed E-state index contributed by atoms with van der Waals surface area (Å²) in [6.07, 6.45) is 13.6. The highest BCUT2D eigenvalue weighted by atomic mass is 16.5. The molecule has 20 heavy (non-hydrogen) atoms. The molecule has 0 amide bonds. The molecular formula is C16H36O4. The molecule has 0 bridgehead atoms. The summed E-state index contributed by atoms with van der Waals surface area (Å²) in [7, 11) is 0. The van der Waals surface area contributed by atoms with Crippen molar-refractivity contribution >= 4 is 0 Å². The summed E-state index contributed by atoms with van der Waals surface area (Å²) in [5.74, 6) is 0. The zero-order valence-electron chi connectivity index (χ0n) is 13.4. The lowest BCUT2D eigenvalue weighted by Gasteiger charge is -2.03. The number of aliphatic hydroxyl groups excluding tert-OH is 3. The van der Waals surface area contributed by atoms with Crippen LogP contribution >= 0.6 is 0 Å². The first-order valence-electron chi connectivity index (χ1n) is 8.23. The third-order valence-electron chi connectivity index (χ3n) is 2.98. The van der Waals surface area contributed by atoms with E-state index in [9.17, 15) is 0 Å². The van der Waals surface area contributed by atoms with E-state index in [1.165, 1.54) is 57.8 Å². The van der Waals surface area contributed by atoms with E-state index in [1.54, 1.807) is 0 Å². The summed E-state index contributed by atoms with van der Waals surface area (Å²) >= 11 is 0. The Morgan fingerprint density at radius 1 is 0.550 bits per heavy atom. The van der Waals surface area contributed by atoms with Crippen molar-refractivity contribution in [2.45, 2.75) is 71.1 Å². The molecule has 3 N–H and O–H groups in total. The Labute approximate surface area is 125 Å². The molecule has 0 aromatic heterocycles. The number of hydrogen-bond donors (Lipinski definition) is 3. The van der Waals surface area contributed by atoms with Gasteiger partial charge in [0.2, 0.25) is 0 Å². The molecule has 0 spiro atoms. The molecule has 0 aromatic carbocycles. The van der Waals surface area contributed by atoms with Crippen molar-refractivity contribution in [3.05, 3.63) is 0 Å². The monoisotopic (exact) mass is 292 g/mol. The van der Waals surface area contributed by atoms with Crippen LogP contribution in [0.15, 0.2) is 0 Å². The van der Waals surface area contributed by atoms with Crippen LogP contribution in [0.5, 0.6) is 0 Å². The van der Waals surface area contributed by atoms with Crippen LogP contribution in [0.4, 0.5) is 0 Å². The van der Waals surface area contributed by atoms with Gasteiger partial charge in [-0.15, -0.1) is 0 Å². The molecule has 0 fully saturated rings. The molecule has 0 aromatic rings. The fourth-order valence-corrected chi connectivity index (χ4v) is 1.86. The zero-order chi connectivity index (χ0) is 15.3. The summed E-state index contributed by atoms with van der Waals surface area (Å²) in [6, 6.07) is 0. The Kier molecular flexibility index (Phi) is 26.4. The summed E-state index contributed by atoms with van der Waals surface area (Å²) in [6.45, 7) is 3.48. The van der Waals surface area contributed by atoms with Gasteiger partial charge in [0.1, 0.15) is 0 Å². The molecule has 0 rings (SSSR count). The average molecular weight is 292 g/mol. The lowest BCUT2D eigenvalue weighted by Crippen LogP contribution is -2.00. The third-order valence-corrected chi connectivity index (χ3v) is 2.98. The minimum Gasteiger partial charge on any atom is -0.394 e. The summed E-state index contributed by atoms with van der Waals surface area (Å²) in [4.78, 5) is 0. The van der Waals surface area contributed by atoms with E-state index >= 15 is 0 Å². The Bertz CT molecular complexity index is 126. The van der Waals surface area contributed by atoms with Crippen molar-refractivity contribution in [2.24, 2.45) is 0 Å². The largest absolute Gasteiger partial charge is 0.394 e. The highest BCUT2D eigenvalue weighted by Crippen LogP contribution is 2.10. The number of aliphatic hydroxyl groups is 3. The van der Waals surface area contributed by atoms with Gasteiger partial charge in [0.15, 0.2) is 0 Å². The molecule has 0 radical (unpaired) electrons. The maximum Gasteiger partial charge on any atom is 0.0697 e. The van der Waals surface area contributed by atoms with Crippen LogP contribution in [0.3, 0.4) is 0 Å². The van der Waals surface area contributed by atoms with Gasteiger partial charge in [-0.3, -0.25) is 0 Å². The van der Waals surface area contributed by atoms with Gasteiger partial charge < -0.3 is 20.1 Å². The Hall–Kier alpha value is -0.160. The van der Waals surface area contributed by atoms with Gasteiger partial charge in [-0.1, -0.05) is 64.7 Å². The van der Waals surface area contributed by atoms with Crippen molar-refractivity contribution in [3.8, 4) is 0 Å². The second kappa shape index (κ2) is 23.9. The standard InChI is InChI=1S/C14H30O2.C2H6O2/c1-2-3-4-5-6-7-8-9-10-11-13-16-14-12-15;3-1-2-4/h15H,2-14H2,1H3;3-4H,1-2H2. The lowest BCUT2D eigenvalue weighted by molar-refractivity contribution is 0.0895. The minimum absolute atomic E-state index is 0.125. The van der Waals surface area contributed by atoms with Gasteiger partial charge >= 0.3 is 0 Å². The average Bonchev–Trinajstić information content (AvgIpc) is 2.49. The zero-order valence-corrected chi connectivity index (χ0v) is 13.4. The summed E-state index contributed by atoms with van der Waals surface area (Å²) in [5.41, 5.74) is 0. The molecule has 0 saturated heterocycles. The van der Waals surface area contributed by atoms with Crippen molar-refractivity contribution in [1.82, 2.24) is 0 Å². The Balaban J connectivity index is 0. The molecular weight excluding hydrogens is 256 g/mol. The molecule has 0 unspecified atom stereocenters. The van der Waals surface area contributed by atoms with Crippen molar-refractivity contribution in [3.63, 3.8) is 0 Å². The molecule has 4 nitrogen and oxygen atoms in total. The van der Waals surface area contributed by atoms with E-state index < -0.39 is 0 Å². The maximum absolute atomic E-state index is 8.50. The normalized spacial score (nSPS) is 10.2. The molecule has 0 aliphatic carbocycles. The van der Waals surface area contributed by atoms with Gasteiger partial charge in [0.05, 0.1) is 26.4 Å². The fraction of sp³-hybridized carbons (Fsp3) is 1.00. The van der Waals surface area contributed by atoms with Gasteiger partial charge in [-0.05, 0) is 6.42 Å². The van der Waals surface area contributed by atoms with Crippen LogP contribution in [0.1, 0.15) is 71.1 Å². The number of rotatable bonds is 14. The van der Waals surface area contributed by atoms with Crippen LogP contribution in [-0.4, -0.2) is 48.4 Å². The predicted molar refractivity (Wildman–Crippen MR) is 83.9 cm³/mol. The number of hydrogen-bond acceptors (Lipinski definition) is 4. The summed E-state index contributed by atoms with van der Waals surface area (Å²) < 4.78 is 5.20. The lowest BCUT2D eigenvalue weighted by atomic mass is 10.1. The second-order valence-corrected chi connectivity index (χ2v) is 4.97. The van der Waals surface area contributed by atoms with Crippen molar-refractivity contribution in [1.29, 1.82) is 0 Å². The third kappa shape index (κ3) is 26.4. The molecule has 124 valence electrons. The van der Waals surface area contributed by atoms with E-state index in [2.05, 4.69) is 6.92 Å². The highest BCUT2D eigenvalue weighted by Gasteiger charge is 1.92. The number of ether oxygens (including phenoxy) is 1. The molecule has 4 heteroatoms. The van der Waals surface area contributed by atoms with Gasteiger partial charge in [0, 0.05) is 6.61 Å². The first-order chi connectivity index (χ1) is 9.83. The van der Waals surface area contributed by atoms with Gasteiger partial charge in [-0.25, -0.2) is 0 Å². The van der Waals surface area contributed by atoms with Crippen LogP contribution in [0.25, 0.3) is 0 Å². The van der Waals surface area contributed by atoms with E-state index in [0.717, 1.165) is 13.0 Å². The molecule has 0 aliphatic heterocycles. The maximum atomic E-state index is 8.50. The SMILES string of the molecule is CCCCCCCCCCCCOCCO.OCCO. The first kappa shape index (κ1) is 22.1. The fourth-order valence-electron chi connectivity index (χ4n) is 1.86. The predicted octanol–water partition coefficient (Wildman–Crippen LogP) is 2.89. The van der Waals surface area contributed by atoms with Crippen molar-refractivity contribution < 1.29 is 20.1 Å². The van der Waals surface area contributed by atoms with Crippen LogP contribution in [0.2, 0.25) is 0 Å². The van der Waals surface area contributed by atoms with E-state index in [4.69, 9.17) is 20.1 Å². The van der Waals surface area contributed by atoms with E-state index in [-0.39, 0.29) is 19.8 Å². The Morgan fingerprint density at radius 3 is 1.40 bits per heavy atom. The van der Waals surface area contributed by atoms with Gasteiger partial charge in [-0.2, -0.15) is 0 Å². The molecule has 0 atom stereocenters. The van der Waals surface area contributed by atoms with E-state index in [0.29, 0.717) is 6.61 Å². The van der Waals surface area contributed by atoms with Crippen LogP contribution < -0.4 is 0 Å². The van der Waals surface area contributed by atoms with Crippen LogP contribution in [-0.2, 0) is 4.74 Å². The smallest absolute Gasteiger partial charge is 0.0697 e. The number of unbranched alkanes of at least 4 members (excludes halogenated alkanes) is 9. The quantitative estimate of drug-likeness (QED) is 0.431.